The molecule has 0 bridgehead atoms. The first-order valence-corrected chi connectivity index (χ1v) is 9.69. The van der Waals surface area contributed by atoms with Crippen LogP contribution in [-0.4, -0.2) is 18.4 Å². The Hall–Kier alpha value is -2.21. The second-order valence-corrected chi connectivity index (χ2v) is 7.44. The topological polar surface area (TPSA) is 72.2 Å². The molecule has 1 unspecified atom stereocenters. The maximum atomic E-state index is 13.0. The zero-order valence-electron chi connectivity index (χ0n) is 15.2. The maximum absolute atomic E-state index is 13.0. The predicted octanol–water partition coefficient (Wildman–Crippen LogP) is 3.48. The molecule has 2 rings (SSSR count). The third kappa shape index (κ3) is 5.39. The molecule has 0 fully saturated rings. The summed E-state index contributed by atoms with van der Waals surface area (Å²) in [6.45, 7) is 4.36. The Kier molecular flexibility index (Phi) is 7.33. The molecular formula is C20H25FN2O2S. The van der Waals surface area contributed by atoms with E-state index in [1.165, 1.54) is 33.9 Å². The van der Waals surface area contributed by atoms with Crippen molar-refractivity contribution in [1.82, 2.24) is 5.32 Å². The van der Waals surface area contributed by atoms with Gasteiger partial charge in [-0.3, -0.25) is 9.59 Å². The number of thiophene rings is 1. The van der Waals surface area contributed by atoms with Gasteiger partial charge in [0, 0.05) is 11.4 Å². The summed E-state index contributed by atoms with van der Waals surface area (Å²) in [4.78, 5) is 26.1. The SMILES string of the molecule is CCCc1sc(C(=O)NCC(Cc2ccc(F)cc2)C(N)=O)cc1CC. The van der Waals surface area contributed by atoms with Crippen LogP contribution in [0.2, 0.25) is 0 Å². The third-order valence-electron chi connectivity index (χ3n) is 4.29. The Morgan fingerprint density at radius 1 is 1.23 bits per heavy atom. The van der Waals surface area contributed by atoms with Gasteiger partial charge in [-0.05, 0) is 48.6 Å². The summed E-state index contributed by atoms with van der Waals surface area (Å²) in [6.07, 6.45) is 3.26. The molecule has 2 amide bonds. The number of carbonyl (C=O) groups excluding carboxylic acids is 2. The van der Waals surface area contributed by atoms with Crippen LogP contribution >= 0.6 is 11.3 Å². The van der Waals surface area contributed by atoms with Crippen molar-refractivity contribution < 1.29 is 14.0 Å². The first kappa shape index (κ1) is 20.1. The number of benzene rings is 1. The van der Waals surface area contributed by atoms with Crippen molar-refractivity contribution in [3.8, 4) is 0 Å². The molecule has 0 spiro atoms. The van der Waals surface area contributed by atoms with Gasteiger partial charge in [-0.2, -0.15) is 0 Å². The molecule has 2 aromatic rings. The summed E-state index contributed by atoms with van der Waals surface area (Å²) in [7, 11) is 0. The van der Waals surface area contributed by atoms with Gasteiger partial charge in [-0.1, -0.05) is 32.4 Å². The standard InChI is InChI=1S/C20H25FN2O2S/c1-3-5-17-14(4-2)11-18(26-17)20(25)23-12-15(19(22)24)10-13-6-8-16(21)9-7-13/h6-9,11,15H,3-5,10,12H2,1-2H3,(H2,22,24)(H,23,25). The van der Waals surface area contributed by atoms with E-state index in [0.717, 1.165) is 24.8 Å². The van der Waals surface area contributed by atoms with E-state index in [1.54, 1.807) is 12.1 Å². The van der Waals surface area contributed by atoms with Crippen LogP contribution in [-0.2, 0) is 24.1 Å². The van der Waals surface area contributed by atoms with Crippen molar-refractivity contribution in [2.45, 2.75) is 39.5 Å². The molecule has 140 valence electrons. The summed E-state index contributed by atoms with van der Waals surface area (Å²) in [5, 5.41) is 2.82. The fourth-order valence-corrected chi connectivity index (χ4v) is 4.07. The largest absolute Gasteiger partial charge is 0.369 e. The van der Waals surface area contributed by atoms with E-state index in [1.807, 2.05) is 6.07 Å². The molecule has 0 saturated heterocycles. The van der Waals surface area contributed by atoms with E-state index in [2.05, 4.69) is 19.2 Å². The van der Waals surface area contributed by atoms with E-state index in [-0.39, 0.29) is 18.3 Å². The summed E-state index contributed by atoms with van der Waals surface area (Å²) in [5.41, 5.74) is 7.48. The molecule has 3 N–H and O–H groups in total. The third-order valence-corrected chi connectivity index (χ3v) is 5.52. The zero-order valence-corrected chi connectivity index (χ0v) is 16.0. The van der Waals surface area contributed by atoms with E-state index in [0.29, 0.717) is 11.3 Å². The van der Waals surface area contributed by atoms with Crippen molar-refractivity contribution in [2.75, 3.05) is 6.54 Å². The van der Waals surface area contributed by atoms with Gasteiger partial charge >= 0.3 is 0 Å². The van der Waals surface area contributed by atoms with Crippen molar-refractivity contribution >= 4 is 23.2 Å². The highest BCUT2D eigenvalue weighted by Gasteiger charge is 2.19. The van der Waals surface area contributed by atoms with Crippen molar-refractivity contribution in [3.05, 3.63) is 57.0 Å². The minimum absolute atomic E-state index is 0.161. The summed E-state index contributed by atoms with van der Waals surface area (Å²) in [5.74, 6) is -1.53. The van der Waals surface area contributed by atoms with Crippen LogP contribution in [0, 0.1) is 11.7 Å². The minimum Gasteiger partial charge on any atom is -0.369 e. The number of nitrogens with one attached hydrogen (secondary N) is 1. The second-order valence-electron chi connectivity index (χ2n) is 6.30. The average molecular weight is 376 g/mol. The number of amides is 2. The monoisotopic (exact) mass is 376 g/mol. The van der Waals surface area contributed by atoms with Crippen molar-refractivity contribution in [3.63, 3.8) is 0 Å². The quantitative estimate of drug-likeness (QED) is 0.703. The Morgan fingerprint density at radius 2 is 1.92 bits per heavy atom. The predicted molar refractivity (Wildman–Crippen MR) is 103 cm³/mol. The minimum atomic E-state index is -0.537. The Labute approximate surface area is 157 Å². The lowest BCUT2D eigenvalue weighted by Gasteiger charge is -2.14. The smallest absolute Gasteiger partial charge is 0.261 e. The molecule has 4 nitrogen and oxygen atoms in total. The number of carbonyl (C=O) groups is 2. The van der Waals surface area contributed by atoms with Gasteiger partial charge < -0.3 is 11.1 Å². The normalized spacial score (nSPS) is 12.0. The fourth-order valence-electron chi connectivity index (χ4n) is 2.80. The Morgan fingerprint density at radius 3 is 2.50 bits per heavy atom. The van der Waals surface area contributed by atoms with Gasteiger partial charge in [0.05, 0.1) is 10.8 Å². The molecule has 1 aromatic carbocycles. The zero-order chi connectivity index (χ0) is 19.1. The highest BCUT2D eigenvalue weighted by atomic mass is 32.1. The number of halogens is 1. The van der Waals surface area contributed by atoms with Crippen LogP contribution in [0.25, 0.3) is 0 Å². The van der Waals surface area contributed by atoms with Gasteiger partial charge in [0.25, 0.3) is 5.91 Å². The van der Waals surface area contributed by atoms with Crippen LogP contribution in [0.1, 0.15) is 45.9 Å². The lowest BCUT2D eigenvalue weighted by atomic mass is 9.98. The van der Waals surface area contributed by atoms with E-state index in [4.69, 9.17) is 5.73 Å². The van der Waals surface area contributed by atoms with Gasteiger partial charge in [0.15, 0.2) is 0 Å². The highest BCUT2D eigenvalue weighted by molar-refractivity contribution is 7.14. The van der Waals surface area contributed by atoms with Crippen molar-refractivity contribution in [2.24, 2.45) is 11.7 Å². The van der Waals surface area contributed by atoms with Crippen LogP contribution in [0.3, 0.4) is 0 Å². The van der Waals surface area contributed by atoms with Crippen LogP contribution < -0.4 is 11.1 Å². The number of hydrogen-bond acceptors (Lipinski definition) is 3. The first-order chi connectivity index (χ1) is 12.4. The number of hydrogen-bond donors (Lipinski definition) is 2. The summed E-state index contributed by atoms with van der Waals surface area (Å²) < 4.78 is 13.0. The second kappa shape index (κ2) is 9.48. The number of primary amides is 1. The van der Waals surface area contributed by atoms with Crippen LogP contribution in [0.15, 0.2) is 30.3 Å². The first-order valence-electron chi connectivity index (χ1n) is 8.88. The van der Waals surface area contributed by atoms with Crippen molar-refractivity contribution in [1.29, 1.82) is 0 Å². The van der Waals surface area contributed by atoms with E-state index in [9.17, 15) is 14.0 Å². The lowest BCUT2D eigenvalue weighted by Crippen LogP contribution is -2.37. The average Bonchev–Trinajstić information content (AvgIpc) is 3.03. The summed E-state index contributed by atoms with van der Waals surface area (Å²) >= 11 is 1.51. The molecule has 0 saturated carbocycles. The molecular weight excluding hydrogens is 351 g/mol. The Bertz CT molecular complexity index is 756. The van der Waals surface area contributed by atoms with Gasteiger partial charge in [-0.25, -0.2) is 4.39 Å². The molecule has 26 heavy (non-hydrogen) atoms. The van der Waals surface area contributed by atoms with Crippen LogP contribution in [0.5, 0.6) is 0 Å². The fraction of sp³-hybridized carbons (Fsp3) is 0.400. The molecule has 0 aliphatic carbocycles. The molecule has 0 aliphatic heterocycles. The highest BCUT2D eigenvalue weighted by Crippen LogP contribution is 2.24. The lowest BCUT2D eigenvalue weighted by molar-refractivity contribution is -0.121. The Balaban J connectivity index is 2.00. The molecule has 1 atom stereocenters. The van der Waals surface area contributed by atoms with Gasteiger partial charge in [0.1, 0.15) is 5.82 Å². The van der Waals surface area contributed by atoms with E-state index >= 15 is 0 Å². The molecule has 0 aliphatic rings. The van der Waals surface area contributed by atoms with Crippen LogP contribution in [0.4, 0.5) is 4.39 Å². The molecule has 1 aromatic heterocycles. The molecule has 6 heteroatoms. The molecule has 0 radical (unpaired) electrons. The number of aryl methyl sites for hydroxylation is 2. The number of rotatable bonds is 9. The van der Waals surface area contributed by atoms with Gasteiger partial charge in [0.2, 0.25) is 5.91 Å². The van der Waals surface area contributed by atoms with E-state index < -0.39 is 11.8 Å². The number of nitrogens with two attached hydrogens (primary N) is 1. The summed E-state index contributed by atoms with van der Waals surface area (Å²) in [6, 6.07) is 7.87. The van der Waals surface area contributed by atoms with Gasteiger partial charge in [-0.15, -0.1) is 11.3 Å². The molecule has 1 heterocycles. The maximum Gasteiger partial charge on any atom is 0.261 e.